The van der Waals surface area contributed by atoms with E-state index >= 15 is 0 Å². The third kappa shape index (κ3) is 4.63. The van der Waals surface area contributed by atoms with Crippen LogP contribution in [0.2, 0.25) is 0 Å². The van der Waals surface area contributed by atoms with Gasteiger partial charge in [-0.1, -0.05) is 70.1 Å². The number of rotatable bonds is 9. The van der Waals surface area contributed by atoms with Gasteiger partial charge in [-0.15, -0.1) is 0 Å². The molecule has 0 radical (unpaired) electrons. The Kier molecular flexibility index (Phi) is 6.56. The zero-order valence-corrected chi connectivity index (χ0v) is 12.8. The second-order valence-electron chi connectivity index (χ2n) is 5.71. The minimum atomic E-state index is 1.13. The summed E-state index contributed by atoms with van der Waals surface area (Å²) >= 11 is 0. The van der Waals surface area contributed by atoms with Gasteiger partial charge in [0.1, 0.15) is 0 Å². The van der Waals surface area contributed by atoms with Crippen molar-refractivity contribution in [3.05, 3.63) is 42.1 Å². The van der Waals surface area contributed by atoms with Crippen molar-refractivity contribution in [2.45, 2.75) is 64.7 Å². The number of benzene rings is 1. The molecule has 2 aromatic rings. The van der Waals surface area contributed by atoms with Crippen LogP contribution in [0, 0.1) is 0 Å². The highest BCUT2D eigenvalue weighted by Gasteiger charge is 2.01. The van der Waals surface area contributed by atoms with E-state index in [4.69, 9.17) is 0 Å². The molecule has 1 aromatic heterocycles. The topological polar surface area (TPSA) is 12.9 Å². The van der Waals surface area contributed by atoms with E-state index in [1.807, 2.05) is 6.20 Å². The predicted molar refractivity (Wildman–Crippen MR) is 88.1 cm³/mol. The fraction of sp³-hybridized carbons (Fsp3) is 0.526. The molecule has 1 aromatic carbocycles. The summed E-state index contributed by atoms with van der Waals surface area (Å²) in [6.07, 6.45) is 14.2. The lowest BCUT2D eigenvalue weighted by molar-refractivity contribution is 0.576. The highest BCUT2D eigenvalue weighted by atomic mass is 14.6. The molecule has 0 N–H and O–H groups in total. The molecular weight excluding hydrogens is 242 g/mol. The first kappa shape index (κ1) is 15.0. The van der Waals surface area contributed by atoms with Crippen molar-refractivity contribution in [2.75, 3.05) is 0 Å². The van der Waals surface area contributed by atoms with Gasteiger partial charge in [-0.3, -0.25) is 4.98 Å². The molecule has 1 heteroatoms. The van der Waals surface area contributed by atoms with E-state index in [1.54, 1.807) is 0 Å². The van der Waals surface area contributed by atoms with Crippen molar-refractivity contribution >= 4 is 10.9 Å². The molecule has 108 valence electrons. The molecule has 0 unspecified atom stereocenters. The molecule has 0 saturated carbocycles. The van der Waals surface area contributed by atoms with Crippen molar-refractivity contribution in [2.24, 2.45) is 0 Å². The molecule has 0 aliphatic heterocycles. The van der Waals surface area contributed by atoms with Crippen molar-refractivity contribution in [1.82, 2.24) is 4.98 Å². The van der Waals surface area contributed by atoms with Crippen molar-refractivity contribution in [3.8, 4) is 0 Å². The number of aromatic nitrogens is 1. The minimum absolute atomic E-state index is 1.13. The van der Waals surface area contributed by atoms with E-state index in [0.717, 1.165) is 5.52 Å². The van der Waals surface area contributed by atoms with Crippen LogP contribution in [0.1, 0.15) is 63.9 Å². The zero-order chi connectivity index (χ0) is 14.0. The smallest absolute Gasteiger partial charge is 0.0704 e. The fourth-order valence-corrected chi connectivity index (χ4v) is 2.82. The second-order valence-corrected chi connectivity index (χ2v) is 5.71. The number of hydrogen-bond donors (Lipinski definition) is 0. The molecule has 1 nitrogen and oxygen atoms in total. The van der Waals surface area contributed by atoms with E-state index < -0.39 is 0 Å². The number of aryl methyl sites for hydroxylation is 1. The lowest BCUT2D eigenvalue weighted by atomic mass is 10.0. The van der Waals surface area contributed by atoms with Crippen LogP contribution in [-0.2, 0) is 6.42 Å². The first-order valence-electron chi connectivity index (χ1n) is 8.24. The van der Waals surface area contributed by atoms with Gasteiger partial charge in [0.25, 0.3) is 0 Å². The van der Waals surface area contributed by atoms with Crippen LogP contribution in [0.25, 0.3) is 10.9 Å². The normalized spacial score (nSPS) is 11.1. The molecule has 0 spiro atoms. The van der Waals surface area contributed by atoms with Gasteiger partial charge in [0.2, 0.25) is 0 Å². The molecule has 1 heterocycles. The number of unbranched alkanes of at least 4 members (excludes halogenated alkanes) is 7. The lowest BCUT2D eigenvalue weighted by Crippen LogP contribution is -1.90. The Morgan fingerprint density at radius 1 is 0.800 bits per heavy atom. The van der Waals surface area contributed by atoms with E-state index in [2.05, 4.69) is 42.2 Å². The molecule has 0 atom stereocenters. The van der Waals surface area contributed by atoms with E-state index in [0.29, 0.717) is 0 Å². The third-order valence-corrected chi connectivity index (χ3v) is 4.04. The van der Waals surface area contributed by atoms with Gasteiger partial charge in [-0.05, 0) is 30.5 Å². The average Bonchev–Trinajstić information content (AvgIpc) is 2.50. The van der Waals surface area contributed by atoms with Crippen LogP contribution in [0.4, 0.5) is 0 Å². The summed E-state index contributed by atoms with van der Waals surface area (Å²) in [6.45, 7) is 2.28. The van der Waals surface area contributed by atoms with Crippen molar-refractivity contribution < 1.29 is 0 Å². The highest BCUT2D eigenvalue weighted by Crippen LogP contribution is 2.19. The molecule has 0 saturated heterocycles. The number of pyridine rings is 1. The number of para-hydroxylation sites is 1. The van der Waals surface area contributed by atoms with Gasteiger partial charge in [0, 0.05) is 11.6 Å². The monoisotopic (exact) mass is 269 g/mol. The first-order valence-corrected chi connectivity index (χ1v) is 8.24. The molecule has 0 aliphatic rings. The quantitative estimate of drug-likeness (QED) is 0.515. The Balaban J connectivity index is 1.71. The Labute approximate surface area is 123 Å². The Bertz CT molecular complexity index is 499. The van der Waals surface area contributed by atoms with Gasteiger partial charge in [0.05, 0.1) is 5.52 Å². The summed E-state index contributed by atoms with van der Waals surface area (Å²) in [4.78, 5) is 4.43. The van der Waals surface area contributed by atoms with Gasteiger partial charge >= 0.3 is 0 Å². The summed E-state index contributed by atoms with van der Waals surface area (Å²) in [5, 5.41) is 1.33. The Hall–Kier alpha value is -1.37. The molecule has 0 bridgehead atoms. The van der Waals surface area contributed by atoms with Gasteiger partial charge in [0.15, 0.2) is 0 Å². The standard InChI is InChI=1S/C19H27N/c1-2-3-4-5-6-7-8-9-12-17-15-16-20-19-14-11-10-13-18(17)19/h10-11,13-16H,2-9,12H2,1H3. The summed E-state index contributed by atoms with van der Waals surface area (Å²) in [7, 11) is 0. The molecular formula is C19H27N. The van der Waals surface area contributed by atoms with Crippen LogP contribution in [0.5, 0.6) is 0 Å². The Morgan fingerprint density at radius 2 is 1.50 bits per heavy atom. The van der Waals surface area contributed by atoms with Gasteiger partial charge in [-0.25, -0.2) is 0 Å². The fourth-order valence-electron chi connectivity index (χ4n) is 2.82. The van der Waals surface area contributed by atoms with E-state index in [1.165, 1.54) is 68.7 Å². The van der Waals surface area contributed by atoms with Crippen molar-refractivity contribution in [1.29, 1.82) is 0 Å². The summed E-state index contributed by atoms with van der Waals surface area (Å²) in [6, 6.07) is 10.7. The van der Waals surface area contributed by atoms with Crippen molar-refractivity contribution in [3.63, 3.8) is 0 Å². The molecule has 0 fully saturated rings. The number of nitrogens with zero attached hydrogens (tertiary/aromatic N) is 1. The van der Waals surface area contributed by atoms with Crippen LogP contribution in [-0.4, -0.2) is 4.98 Å². The largest absolute Gasteiger partial charge is 0.256 e. The van der Waals surface area contributed by atoms with Crippen LogP contribution in [0.15, 0.2) is 36.5 Å². The highest BCUT2D eigenvalue weighted by molar-refractivity contribution is 5.81. The third-order valence-electron chi connectivity index (χ3n) is 4.04. The number of hydrogen-bond acceptors (Lipinski definition) is 1. The molecule has 2 rings (SSSR count). The maximum Gasteiger partial charge on any atom is 0.0704 e. The SMILES string of the molecule is CCCCCCCCCCc1ccnc2ccccc12. The predicted octanol–water partition coefficient (Wildman–Crippen LogP) is 5.92. The van der Waals surface area contributed by atoms with E-state index in [-0.39, 0.29) is 0 Å². The second kappa shape index (κ2) is 8.73. The van der Waals surface area contributed by atoms with Crippen LogP contribution >= 0.6 is 0 Å². The summed E-state index contributed by atoms with van der Waals surface area (Å²) < 4.78 is 0. The molecule has 20 heavy (non-hydrogen) atoms. The number of fused-ring (bicyclic) bond motifs is 1. The summed E-state index contributed by atoms with van der Waals surface area (Å²) in [5.74, 6) is 0. The maximum absolute atomic E-state index is 4.43. The zero-order valence-electron chi connectivity index (χ0n) is 12.8. The maximum atomic E-state index is 4.43. The van der Waals surface area contributed by atoms with Crippen LogP contribution < -0.4 is 0 Å². The first-order chi connectivity index (χ1) is 9.92. The summed E-state index contributed by atoms with van der Waals surface area (Å²) in [5.41, 5.74) is 2.59. The average molecular weight is 269 g/mol. The van der Waals surface area contributed by atoms with Crippen LogP contribution in [0.3, 0.4) is 0 Å². The Morgan fingerprint density at radius 3 is 2.30 bits per heavy atom. The lowest BCUT2D eigenvalue weighted by Gasteiger charge is -2.06. The molecule has 0 aliphatic carbocycles. The van der Waals surface area contributed by atoms with Gasteiger partial charge in [-0.2, -0.15) is 0 Å². The van der Waals surface area contributed by atoms with E-state index in [9.17, 15) is 0 Å². The molecule has 0 amide bonds. The van der Waals surface area contributed by atoms with Gasteiger partial charge < -0.3 is 0 Å². The minimum Gasteiger partial charge on any atom is -0.256 e.